The van der Waals surface area contributed by atoms with Gasteiger partial charge in [-0.15, -0.1) is 0 Å². The zero-order chi connectivity index (χ0) is 14.5. The summed E-state index contributed by atoms with van der Waals surface area (Å²) in [6.07, 6.45) is 1.63. The van der Waals surface area contributed by atoms with Gasteiger partial charge in [0, 0.05) is 22.9 Å². The van der Waals surface area contributed by atoms with Gasteiger partial charge in [0.1, 0.15) is 5.69 Å². The number of oxime groups is 1. The normalized spacial score (nSPS) is 11.4. The molecule has 20 heavy (non-hydrogen) atoms. The number of halogens is 1. The molecule has 2 aromatic rings. The van der Waals surface area contributed by atoms with Crippen LogP contribution in [0.3, 0.4) is 0 Å². The number of nitrogens with one attached hydrogen (secondary N) is 1. The molecular formula is C14H15BrN4O. The van der Waals surface area contributed by atoms with E-state index in [-0.39, 0.29) is 5.84 Å². The Morgan fingerprint density at radius 3 is 2.90 bits per heavy atom. The first-order chi connectivity index (χ1) is 9.60. The topological polar surface area (TPSA) is 83.5 Å². The molecule has 104 valence electrons. The highest BCUT2D eigenvalue weighted by molar-refractivity contribution is 9.10. The Morgan fingerprint density at radius 1 is 1.40 bits per heavy atom. The van der Waals surface area contributed by atoms with Crippen LogP contribution in [0.25, 0.3) is 0 Å². The molecule has 6 heteroatoms. The number of aryl methyl sites for hydroxylation is 1. The van der Waals surface area contributed by atoms with Gasteiger partial charge in [0.15, 0.2) is 5.84 Å². The predicted octanol–water partition coefficient (Wildman–Crippen LogP) is 2.86. The fourth-order valence-corrected chi connectivity index (χ4v) is 2.06. The lowest BCUT2D eigenvalue weighted by Crippen LogP contribution is -2.15. The second kappa shape index (κ2) is 6.38. The first kappa shape index (κ1) is 14.3. The molecule has 1 aromatic carbocycles. The molecule has 0 bridgehead atoms. The Labute approximate surface area is 125 Å². The Bertz CT molecular complexity index is 643. The summed E-state index contributed by atoms with van der Waals surface area (Å²) in [5, 5.41) is 14.9. The van der Waals surface area contributed by atoms with E-state index in [1.54, 1.807) is 12.3 Å². The highest BCUT2D eigenvalue weighted by Gasteiger charge is 2.03. The fourth-order valence-electron chi connectivity index (χ4n) is 1.68. The summed E-state index contributed by atoms with van der Waals surface area (Å²) >= 11 is 3.50. The van der Waals surface area contributed by atoms with Gasteiger partial charge in [-0.1, -0.05) is 27.2 Å². The van der Waals surface area contributed by atoms with Gasteiger partial charge in [-0.3, -0.25) is 4.98 Å². The summed E-state index contributed by atoms with van der Waals surface area (Å²) in [4.78, 5) is 4.04. The molecule has 0 saturated carbocycles. The van der Waals surface area contributed by atoms with Gasteiger partial charge in [0.25, 0.3) is 0 Å². The molecule has 5 nitrogen and oxygen atoms in total. The molecule has 0 radical (unpaired) electrons. The minimum absolute atomic E-state index is 0.00457. The van der Waals surface area contributed by atoms with Gasteiger partial charge < -0.3 is 16.3 Å². The number of benzene rings is 1. The standard InChI is InChI=1S/C14H15BrN4O/c1-9-2-3-11(7-12(9)15)18-8-10-4-5-17-13(6-10)14(16)19-20/h2-7,18,20H,8H2,1H3,(H2,16,19). The maximum absolute atomic E-state index is 8.65. The van der Waals surface area contributed by atoms with Gasteiger partial charge in [0.2, 0.25) is 0 Å². The zero-order valence-corrected chi connectivity index (χ0v) is 12.6. The van der Waals surface area contributed by atoms with Crippen LogP contribution in [0.15, 0.2) is 46.2 Å². The second-order valence-electron chi connectivity index (χ2n) is 4.35. The lowest BCUT2D eigenvalue weighted by atomic mass is 10.2. The van der Waals surface area contributed by atoms with Gasteiger partial charge in [0.05, 0.1) is 0 Å². The molecule has 2 rings (SSSR count). The third-order valence-electron chi connectivity index (χ3n) is 2.86. The third-order valence-corrected chi connectivity index (χ3v) is 3.72. The Kier molecular flexibility index (Phi) is 4.57. The molecule has 0 amide bonds. The van der Waals surface area contributed by atoms with Crippen molar-refractivity contribution in [2.45, 2.75) is 13.5 Å². The van der Waals surface area contributed by atoms with Crippen LogP contribution in [-0.2, 0) is 6.54 Å². The van der Waals surface area contributed by atoms with E-state index >= 15 is 0 Å². The lowest BCUT2D eigenvalue weighted by molar-refractivity contribution is 0.318. The van der Waals surface area contributed by atoms with Crippen LogP contribution in [0.5, 0.6) is 0 Å². The Hall–Kier alpha value is -2.08. The van der Waals surface area contributed by atoms with Gasteiger partial charge >= 0.3 is 0 Å². The largest absolute Gasteiger partial charge is 0.409 e. The Balaban J connectivity index is 2.09. The van der Waals surface area contributed by atoms with Crippen LogP contribution >= 0.6 is 15.9 Å². The van der Waals surface area contributed by atoms with Crippen LogP contribution in [0.4, 0.5) is 5.69 Å². The van der Waals surface area contributed by atoms with Crippen molar-refractivity contribution in [2.24, 2.45) is 10.9 Å². The summed E-state index contributed by atoms with van der Waals surface area (Å²) in [7, 11) is 0. The number of rotatable bonds is 4. The van der Waals surface area contributed by atoms with E-state index < -0.39 is 0 Å². The molecule has 4 N–H and O–H groups in total. The number of hydrogen-bond acceptors (Lipinski definition) is 4. The van der Waals surface area contributed by atoms with Crippen LogP contribution in [0, 0.1) is 6.92 Å². The van der Waals surface area contributed by atoms with Crippen molar-refractivity contribution in [3.05, 3.63) is 57.8 Å². The Morgan fingerprint density at radius 2 is 2.20 bits per heavy atom. The number of aromatic nitrogens is 1. The molecule has 0 aliphatic rings. The minimum atomic E-state index is 0.00457. The van der Waals surface area contributed by atoms with Gasteiger partial charge in [-0.05, 0) is 42.3 Å². The van der Waals surface area contributed by atoms with Crippen molar-refractivity contribution in [3.63, 3.8) is 0 Å². The highest BCUT2D eigenvalue weighted by Crippen LogP contribution is 2.21. The average Bonchev–Trinajstić information content (AvgIpc) is 2.48. The number of anilines is 1. The number of hydrogen-bond donors (Lipinski definition) is 3. The van der Waals surface area contributed by atoms with Crippen molar-refractivity contribution < 1.29 is 5.21 Å². The van der Waals surface area contributed by atoms with Crippen molar-refractivity contribution in [1.82, 2.24) is 4.98 Å². The molecule has 0 aliphatic heterocycles. The molecule has 0 saturated heterocycles. The van der Waals surface area contributed by atoms with Crippen LogP contribution in [0.2, 0.25) is 0 Å². The quantitative estimate of drug-likeness (QED) is 0.347. The number of nitrogens with two attached hydrogens (primary N) is 1. The lowest BCUT2D eigenvalue weighted by Gasteiger charge is -2.09. The molecule has 0 fully saturated rings. The van der Waals surface area contributed by atoms with Crippen LogP contribution < -0.4 is 11.1 Å². The van der Waals surface area contributed by atoms with Crippen molar-refractivity contribution >= 4 is 27.5 Å². The predicted molar refractivity (Wildman–Crippen MR) is 83.0 cm³/mol. The van der Waals surface area contributed by atoms with E-state index in [1.165, 1.54) is 5.56 Å². The minimum Gasteiger partial charge on any atom is -0.409 e. The van der Waals surface area contributed by atoms with Crippen molar-refractivity contribution in [3.8, 4) is 0 Å². The van der Waals surface area contributed by atoms with Crippen molar-refractivity contribution in [2.75, 3.05) is 5.32 Å². The van der Waals surface area contributed by atoms with E-state index in [4.69, 9.17) is 10.9 Å². The summed E-state index contributed by atoms with van der Waals surface area (Å²) in [5.41, 5.74) is 9.18. The molecule has 0 aliphatic carbocycles. The number of amidine groups is 1. The van der Waals surface area contributed by atoms with Gasteiger partial charge in [-0.2, -0.15) is 0 Å². The summed E-state index contributed by atoms with van der Waals surface area (Å²) in [6, 6.07) is 9.75. The maximum atomic E-state index is 8.65. The van der Waals surface area contributed by atoms with E-state index in [0.717, 1.165) is 15.7 Å². The van der Waals surface area contributed by atoms with Crippen molar-refractivity contribution in [1.29, 1.82) is 0 Å². The van der Waals surface area contributed by atoms with E-state index in [9.17, 15) is 0 Å². The SMILES string of the molecule is Cc1ccc(NCc2ccnc(C(N)=NO)c2)cc1Br. The molecule has 0 unspecified atom stereocenters. The average molecular weight is 335 g/mol. The van der Waals surface area contributed by atoms with E-state index in [1.807, 2.05) is 31.2 Å². The van der Waals surface area contributed by atoms with Gasteiger partial charge in [-0.25, -0.2) is 0 Å². The van der Waals surface area contributed by atoms with E-state index in [0.29, 0.717) is 12.2 Å². The number of pyridine rings is 1. The molecule has 1 heterocycles. The first-order valence-corrected chi connectivity index (χ1v) is 6.82. The molecular weight excluding hydrogens is 320 g/mol. The van der Waals surface area contributed by atoms with Crippen LogP contribution in [-0.4, -0.2) is 16.0 Å². The highest BCUT2D eigenvalue weighted by atomic mass is 79.9. The molecule has 0 atom stereocenters. The van der Waals surface area contributed by atoms with E-state index in [2.05, 4.69) is 31.4 Å². The monoisotopic (exact) mass is 334 g/mol. The smallest absolute Gasteiger partial charge is 0.188 e. The second-order valence-corrected chi connectivity index (χ2v) is 5.21. The van der Waals surface area contributed by atoms with Crippen LogP contribution in [0.1, 0.15) is 16.8 Å². The first-order valence-electron chi connectivity index (χ1n) is 6.03. The summed E-state index contributed by atoms with van der Waals surface area (Å²) < 4.78 is 1.06. The summed E-state index contributed by atoms with van der Waals surface area (Å²) in [6.45, 7) is 2.67. The third kappa shape index (κ3) is 3.48. The number of nitrogens with zero attached hydrogens (tertiary/aromatic N) is 2. The zero-order valence-electron chi connectivity index (χ0n) is 11.0. The summed E-state index contributed by atoms with van der Waals surface area (Å²) in [5.74, 6) is 0.00457. The molecule has 1 aromatic heterocycles. The fraction of sp³-hybridized carbons (Fsp3) is 0.143. The maximum Gasteiger partial charge on any atom is 0.188 e. The molecule has 0 spiro atoms.